The topological polar surface area (TPSA) is 57.9 Å². The molecule has 0 fully saturated rings. The standard InChI is InChI=1S/C25H22O5/c1-16-8-4-5-9-18(16)15-29-25-23(26)19-10-6-7-11-20(19)30-24(25)17-12-13-21(27-2)22(14-17)28-3/h4-14H,15H2,1-3H3. The first-order valence-corrected chi connectivity index (χ1v) is 9.58. The first-order chi connectivity index (χ1) is 14.6. The summed E-state index contributed by atoms with van der Waals surface area (Å²) in [6, 6.07) is 20.4. The molecule has 0 aliphatic carbocycles. The fourth-order valence-electron chi connectivity index (χ4n) is 3.35. The maximum absolute atomic E-state index is 13.3. The Labute approximate surface area is 174 Å². The molecule has 0 aliphatic rings. The SMILES string of the molecule is COc1ccc(-c2oc3ccccc3c(=O)c2OCc2ccccc2C)cc1OC. The Morgan fingerprint density at radius 2 is 1.60 bits per heavy atom. The third-order valence-electron chi connectivity index (χ3n) is 5.04. The molecule has 0 saturated carbocycles. The zero-order valence-corrected chi connectivity index (χ0v) is 17.1. The minimum absolute atomic E-state index is 0.171. The highest BCUT2D eigenvalue weighted by Gasteiger charge is 2.19. The Morgan fingerprint density at radius 1 is 0.867 bits per heavy atom. The van der Waals surface area contributed by atoms with E-state index in [1.54, 1.807) is 44.6 Å². The second-order valence-electron chi connectivity index (χ2n) is 6.87. The number of methoxy groups -OCH3 is 2. The molecule has 5 nitrogen and oxygen atoms in total. The number of para-hydroxylation sites is 1. The highest BCUT2D eigenvalue weighted by molar-refractivity contribution is 5.82. The largest absolute Gasteiger partial charge is 0.493 e. The maximum atomic E-state index is 13.3. The van der Waals surface area contributed by atoms with Crippen LogP contribution in [0.2, 0.25) is 0 Å². The van der Waals surface area contributed by atoms with Gasteiger partial charge in [-0.1, -0.05) is 36.4 Å². The van der Waals surface area contributed by atoms with Crippen LogP contribution in [0, 0.1) is 6.92 Å². The molecule has 0 unspecified atom stereocenters. The van der Waals surface area contributed by atoms with E-state index in [-0.39, 0.29) is 17.8 Å². The van der Waals surface area contributed by atoms with Gasteiger partial charge < -0.3 is 18.6 Å². The highest BCUT2D eigenvalue weighted by Crippen LogP contribution is 2.37. The van der Waals surface area contributed by atoms with Crippen molar-refractivity contribution in [3.05, 3.63) is 88.1 Å². The molecule has 4 rings (SSSR count). The Balaban J connectivity index is 1.86. The molecule has 0 bridgehead atoms. The molecule has 1 aromatic heterocycles. The minimum atomic E-state index is -0.213. The highest BCUT2D eigenvalue weighted by atomic mass is 16.5. The molecular formula is C25H22O5. The fourth-order valence-corrected chi connectivity index (χ4v) is 3.35. The van der Waals surface area contributed by atoms with Crippen molar-refractivity contribution in [2.24, 2.45) is 0 Å². The minimum Gasteiger partial charge on any atom is -0.493 e. The van der Waals surface area contributed by atoms with E-state index in [4.69, 9.17) is 18.6 Å². The van der Waals surface area contributed by atoms with Gasteiger partial charge in [0.1, 0.15) is 12.2 Å². The predicted octanol–water partition coefficient (Wildman–Crippen LogP) is 5.36. The van der Waals surface area contributed by atoms with Crippen molar-refractivity contribution in [1.82, 2.24) is 0 Å². The smallest absolute Gasteiger partial charge is 0.235 e. The van der Waals surface area contributed by atoms with Gasteiger partial charge in [-0.15, -0.1) is 0 Å². The van der Waals surface area contributed by atoms with Gasteiger partial charge in [0.2, 0.25) is 11.2 Å². The normalized spacial score (nSPS) is 10.8. The van der Waals surface area contributed by atoms with E-state index in [1.165, 1.54) is 0 Å². The molecule has 0 radical (unpaired) electrons. The first-order valence-electron chi connectivity index (χ1n) is 9.58. The van der Waals surface area contributed by atoms with Crippen LogP contribution in [0.3, 0.4) is 0 Å². The first kappa shape index (κ1) is 19.6. The van der Waals surface area contributed by atoms with E-state index in [1.807, 2.05) is 43.3 Å². The molecule has 0 aliphatic heterocycles. The molecule has 152 valence electrons. The zero-order chi connectivity index (χ0) is 21.1. The third kappa shape index (κ3) is 3.62. The van der Waals surface area contributed by atoms with Gasteiger partial charge in [-0.2, -0.15) is 0 Å². The third-order valence-corrected chi connectivity index (χ3v) is 5.04. The average molecular weight is 402 g/mol. The van der Waals surface area contributed by atoms with E-state index in [2.05, 4.69) is 0 Å². The molecule has 0 amide bonds. The van der Waals surface area contributed by atoms with Gasteiger partial charge in [0.25, 0.3) is 0 Å². The van der Waals surface area contributed by atoms with Gasteiger partial charge >= 0.3 is 0 Å². The van der Waals surface area contributed by atoms with Crippen molar-refractivity contribution in [2.75, 3.05) is 14.2 Å². The summed E-state index contributed by atoms with van der Waals surface area (Å²) in [5, 5.41) is 0.474. The Morgan fingerprint density at radius 3 is 2.37 bits per heavy atom. The number of benzene rings is 3. The van der Waals surface area contributed by atoms with Crippen LogP contribution in [0.5, 0.6) is 17.2 Å². The average Bonchev–Trinajstić information content (AvgIpc) is 2.79. The summed E-state index contributed by atoms with van der Waals surface area (Å²) in [5.74, 6) is 1.65. The number of rotatable bonds is 6. The summed E-state index contributed by atoms with van der Waals surface area (Å²) in [5.41, 5.74) is 3.04. The van der Waals surface area contributed by atoms with Crippen LogP contribution < -0.4 is 19.6 Å². The summed E-state index contributed by atoms with van der Waals surface area (Å²) < 4.78 is 22.9. The maximum Gasteiger partial charge on any atom is 0.235 e. The zero-order valence-electron chi connectivity index (χ0n) is 17.1. The van der Waals surface area contributed by atoms with Gasteiger partial charge in [0.05, 0.1) is 19.6 Å². The molecule has 0 N–H and O–H groups in total. The Hall–Kier alpha value is -3.73. The van der Waals surface area contributed by atoms with Crippen LogP contribution in [0.25, 0.3) is 22.3 Å². The van der Waals surface area contributed by atoms with Crippen molar-refractivity contribution in [2.45, 2.75) is 13.5 Å². The summed E-state index contributed by atoms with van der Waals surface area (Å²) in [6.45, 7) is 2.27. The fraction of sp³-hybridized carbons (Fsp3) is 0.160. The number of ether oxygens (including phenoxy) is 3. The Bertz CT molecular complexity index is 1260. The molecule has 3 aromatic carbocycles. The van der Waals surface area contributed by atoms with Crippen LogP contribution in [0.1, 0.15) is 11.1 Å². The number of hydrogen-bond donors (Lipinski definition) is 0. The van der Waals surface area contributed by atoms with Crippen molar-refractivity contribution >= 4 is 11.0 Å². The monoisotopic (exact) mass is 402 g/mol. The van der Waals surface area contributed by atoms with Crippen molar-refractivity contribution < 1.29 is 18.6 Å². The molecule has 1 heterocycles. The second-order valence-corrected chi connectivity index (χ2v) is 6.87. The summed E-state index contributed by atoms with van der Waals surface area (Å²) >= 11 is 0. The van der Waals surface area contributed by atoms with E-state index < -0.39 is 0 Å². The quantitative estimate of drug-likeness (QED) is 0.434. The number of fused-ring (bicyclic) bond motifs is 1. The molecule has 30 heavy (non-hydrogen) atoms. The van der Waals surface area contributed by atoms with Gasteiger partial charge in [-0.05, 0) is 48.4 Å². The lowest BCUT2D eigenvalue weighted by atomic mass is 10.1. The lowest BCUT2D eigenvalue weighted by Crippen LogP contribution is -2.10. The van der Waals surface area contributed by atoms with Gasteiger partial charge in [-0.3, -0.25) is 4.79 Å². The number of hydrogen-bond acceptors (Lipinski definition) is 5. The number of aryl methyl sites for hydroxylation is 1. The van der Waals surface area contributed by atoms with Crippen LogP contribution in [-0.2, 0) is 6.61 Å². The molecule has 0 atom stereocenters. The van der Waals surface area contributed by atoms with Gasteiger partial charge in [0, 0.05) is 5.56 Å². The van der Waals surface area contributed by atoms with Gasteiger partial charge in [0.15, 0.2) is 17.3 Å². The van der Waals surface area contributed by atoms with Crippen LogP contribution >= 0.6 is 0 Å². The Kier molecular flexibility index (Phi) is 5.44. The van der Waals surface area contributed by atoms with Crippen LogP contribution in [0.4, 0.5) is 0 Å². The van der Waals surface area contributed by atoms with Crippen LogP contribution in [-0.4, -0.2) is 14.2 Å². The molecular weight excluding hydrogens is 380 g/mol. The summed E-state index contributed by atoms with van der Waals surface area (Å²) in [7, 11) is 3.14. The van der Waals surface area contributed by atoms with Gasteiger partial charge in [-0.25, -0.2) is 0 Å². The molecule has 0 spiro atoms. The molecule has 0 saturated heterocycles. The second kappa shape index (κ2) is 8.33. The lowest BCUT2D eigenvalue weighted by molar-refractivity contribution is 0.297. The van der Waals surface area contributed by atoms with Crippen molar-refractivity contribution in [3.63, 3.8) is 0 Å². The van der Waals surface area contributed by atoms with Crippen molar-refractivity contribution in [1.29, 1.82) is 0 Å². The summed E-state index contributed by atoms with van der Waals surface area (Å²) in [4.78, 5) is 13.3. The van der Waals surface area contributed by atoms with E-state index in [0.29, 0.717) is 33.8 Å². The predicted molar refractivity (Wildman–Crippen MR) is 117 cm³/mol. The van der Waals surface area contributed by atoms with Crippen molar-refractivity contribution in [3.8, 4) is 28.6 Å². The molecule has 4 aromatic rings. The van der Waals surface area contributed by atoms with Crippen LogP contribution in [0.15, 0.2) is 75.9 Å². The summed E-state index contributed by atoms with van der Waals surface area (Å²) in [6.07, 6.45) is 0. The molecule has 5 heteroatoms. The van der Waals surface area contributed by atoms with E-state index in [0.717, 1.165) is 11.1 Å². The lowest BCUT2D eigenvalue weighted by Gasteiger charge is -2.14. The van der Waals surface area contributed by atoms with E-state index >= 15 is 0 Å². The van der Waals surface area contributed by atoms with E-state index in [9.17, 15) is 4.79 Å².